The fraction of sp³-hybridized carbons (Fsp3) is 0.235. The van der Waals surface area contributed by atoms with E-state index >= 15 is 0 Å². The van der Waals surface area contributed by atoms with Crippen molar-refractivity contribution in [3.63, 3.8) is 0 Å². The van der Waals surface area contributed by atoms with Crippen LogP contribution in [0.4, 0.5) is 17.1 Å². The molecule has 0 aliphatic rings. The summed E-state index contributed by atoms with van der Waals surface area (Å²) < 4.78 is 0. The van der Waals surface area contributed by atoms with Gasteiger partial charge in [-0.2, -0.15) is 0 Å². The van der Waals surface area contributed by atoms with Gasteiger partial charge in [-0.3, -0.25) is 4.79 Å². The van der Waals surface area contributed by atoms with E-state index in [1.807, 2.05) is 51.1 Å². The molecule has 0 radical (unpaired) electrons. The van der Waals surface area contributed by atoms with Gasteiger partial charge >= 0.3 is 0 Å². The lowest BCUT2D eigenvalue weighted by molar-refractivity contribution is 0.0943. The molecule has 0 aliphatic carbocycles. The summed E-state index contributed by atoms with van der Waals surface area (Å²) in [5, 5.41) is 6.14. The molecule has 2 aromatic rings. The normalized spacial score (nSPS) is 10.5. The summed E-state index contributed by atoms with van der Waals surface area (Å²) in [7, 11) is 0. The maximum absolute atomic E-state index is 11.9. The largest absolute Gasteiger partial charge is 0.397 e. The zero-order chi connectivity index (χ0) is 15.4. The van der Waals surface area contributed by atoms with Crippen molar-refractivity contribution >= 4 is 23.0 Å². The predicted molar refractivity (Wildman–Crippen MR) is 87.9 cm³/mol. The van der Waals surface area contributed by atoms with Gasteiger partial charge in [0.1, 0.15) is 0 Å². The maximum atomic E-state index is 11.9. The van der Waals surface area contributed by atoms with Crippen LogP contribution in [0.1, 0.15) is 29.8 Å². The number of anilines is 3. The lowest BCUT2D eigenvalue weighted by Gasteiger charge is -2.13. The Labute approximate surface area is 125 Å². The van der Waals surface area contributed by atoms with Crippen LogP contribution in [0.5, 0.6) is 0 Å². The van der Waals surface area contributed by atoms with E-state index < -0.39 is 0 Å². The molecule has 0 unspecified atom stereocenters. The number of nitrogen functional groups attached to an aromatic ring is 1. The number of amides is 1. The molecule has 0 aliphatic heterocycles. The van der Waals surface area contributed by atoms with E-state index in [9.17, 15) is 4.79 Å². The number of nitrogens with two attached hydrogens (primary N) is 1. The minimum absolute atomic E-state index is 0.100. The number of hydrogen-bond acceptors (Lipinski definition) is 3. The van der Waals surface area contributed by atoms with Gasteiger partial charge in [-0.05, 0) is 50.6 Å². The second-order valence-corrected chi connectivity index (χ2v) is 5.37. The van der Waals surface area contributed by atoms with E-state index in [2.05, 4.69) is 10.6 Å². The van der Waals surface area contributed by atoms with Gasteiger partial charge in [0.25, 0.3) is 5.91 Å². The Kier molecular flexibility index (Phi) is 4.48. The SMILES string of the molecule is Cc1ccccc1Nc1ccc(C(=O)NC(C)C)cc1N. The van der Waals surface area contributed by atoms with E-state index in [0.29, 0.717) is 11.3 Å². The highest BCUT2D eigenvalue weighted by molar-refractivity contribution is 5.96. The van der Waals surface area contributed by atoms with Crippen molar-refractivity contribution in [1.82, 2.24) is 5.32 Å². The van der Waals surface area contributed by atoms with Crippen molar-refractivity contribution in [2.24, 2.45) is 0 Å². The first-order valence-electron chi connectivity index (χ1n) is 7.00. The zero-order valence-corrected chi connectivity index (χ0v) is 12.6. The van der Waals surface area contributed by atoms with Gasteiger partial charge in [0.2, 0.25) is 0 Å². The van der Waals surface area contributed by atoms with Crippen LogP contribution in [0.2, 0.25) is 0 Å². The highest BCUT2D eigenvalue weighted by atomic mass is 16.1. The monoisotopic (exact) mass is 283 g/mol. The van der Waals surface area contributed by atoms with Crippen LogP contribution in [-0.4, -0.2) is 11.9 Å². The fourth-order valence-electron chi connectivity index (χ4n) is 2.02. The van der Waals surface area contributed by atoms with Crippen molar-refractivity contribution < 1.29 is 4.79 Å². The minimum Gasteiger partial charge on any atom is -0.397 e. The first-order valence-corrected chi connectivity index (χ1v) is 7.00. The van der Waals surface area contributed by atoms with Gasteiger partial charge in [0, 0.05) is 17.3 Å². The Morgan fingerprint density at radius 1 is 1.10 bits per heavy atom. The summed E-state index contributed by atoms with van der Waals surface area (Å²) in [6.07, 6.45) is 0. The van der Waals surface area contributed by atoms with Crippen molar-refractivity contribution in [1.29, 1.82) is 0 Å². The Hall–Kier alpha value is -2.49. The van der Waals surface area contributed by atoms with Crippen LogP contribution in [0.3, 0.4) is 0 Å². The van der Waals surface area contributed by atoms with Crippen LogP contribution >= 0.6 is 0 Å². The molecule has 0 saturated heterocycles. The minimum atomic E-state index is -0.112. The zero-order valence-electron chi connectivity index (χ0n) is 12.6. The first kappa shape index (κ1) is 14.9. The van der Waals surface area contributed by atoms with Crippen molar-refractivity contribution in [3.05, 3.63) is 53.6 Å². The van der Waals surface area contributed by atoms with E-state index in [4.69, 9.17) is 5.73 Å². The maximum Gasteiger partial charge on any atom is 0.251 e. The second-order valence-electron chi connectivity index (χ2n) is 5.37. The van der Waals surface area contributed by atoms with E-state index in [1.165, 1.54) is 0 Å². The average Bonchev–Trinajstić information content (AvgIpc) is 2.42. The molecule has 4 N–H and O–H groups in total. The molecule has 2 rings (SSSR count). The molecule has 0 bridgehead atoms. The van der Waals surface area contributed by atoms with E-state index in [0.717, 1.165) is 16.9 Å². The third-order valence-electron chi connectivity index (χ3n) is 3.15. The molecule has 1 amide bonds. The van der Waals surface area contributed by atoms with Gasteiger partial charge in [-0.25, -0.2) is 0 Å². The van der Waals surface area contributed by atoms with Gasteiger partial charge in [0.05, 0.1) is 11.4 Å². The number of rotatable bonds is 4. The molecule has 0 heterocycles. The summed E-state index contributed by atoms with van der Waals surface area (Å²) in [4.78, 5) is 11.9. The second kappa shape index (κ2) is 6.31. The van der Waals surface area contributed by atoms with Crippen molar-refractivity contribution in [2.45, 2.75) is 26.8 Å². The van der Waals surface area contributed by atoms with Crippen LogP contribution in [0, 0.1) is 6.92 Å². The van der Waals surface area contributed by atoms with Gasteiger partial charge in [0.15, 0.2) is 0 Å². The molecule has 4 heteroatoms. The molecule has 0 spiro atoms. The predicted octanol–water partition coefficient (Wildman–Crippen LogP) is 3.46. The van der Waals surface area contributed by atoms with Gasteiger partial charge < -0.3 is 16.4 Å². The number of aryl methyl sites for hydroxylation is 1. The number of carbonyl (C=O) groups is 1. The highest BCUT2D eigenvalue weighted by Gasteiger charge is 2.09. The molecule has 0 saturated carbocycles. The number of carbonyl (C=O) groups excluding carboxylic acids is 1. The molecule has 4 nitrogen and oxygen atoms in total. The summed E-state index contributed by atoms with van der Waals surface area (Å²) in [5.74, 6) is -0.112. The average molecular weight is 283 g/mol. The summed E-state index contributed by atoms with van der Waals surface area (Å²) >= 11 is 0. The number of para-hydroxylation sites is 1. The molecule has 110 valence electrons. The van der Waals surface area contributed by atoms with Crippen molar-refractivity contribution in [2.75, 3.05) is 11.1 Å². The summed E-state index contributed by atoms with van der Waals surface area (Å²) in [6, 6.07) is 13.4. The number of hydrogen-bond donors (Lipinski definition) is 3. The Bertz CT molecular complexity index is 650. The quantitative estimate of drug-likeness (QED) is 0.753. The smallest absolute Gasteiger partial charge is 0.251 e. The number of nitrogens with one attached hydrogen (secondary N) is 2. The van der Waals surface area contributed by atoms with E-state index in [-0.39, 0.29) is 11.9 Å². The molecular weight excluding hydrogens is 262 g/mol. The molecular formula is C17H21N3O. The standard InChI is InChI=1S/C17H21N3O/c1-11(2)19-17(21)13-8-9-16(14(18)10-13)20-15-7-5-4-6-12(15)3/h4-11,20H,18H2,1-3H3,(H,19,21). The van der Waals surface area contributed by atoms with Crippen molar-refractivity contribution in [3.8, 4) is 0 Å². The molecule has 21 heavy (non-hydrogen) atoms. The summed E-state index contributed by atoms with van der Waals surface area (Å²) in [6.45, 7) is 5.88. The topological polar surface area (TPSA) is 67.2 Å². The van der Waals surface area contributed by atoms with E-state index in [1.54, 1.807) is 12.1 Å². The van der Waals surface area contributed by atoms with Gasteiger partial charge in [-0.1, -0.05) is 18.2 Å². The fourth-order valence-corrected chi connectivity index (χ4v) is 2.02. The van der Waals surface area contributed by atoms with Gasteiger partial charge in [-0.15, -0.1) is 0 Å². The third kappa shape index (κ3) is 3.75. The van der Waals surface area contributed by atoms with Crippen LogP contribution < -0.4 is 16.4 Å². The van der Waals surface area contributed by atoms with Crippen LogP contribution in [0.15, 0.2) is 42.5 Å². The molecule has 0 aromatic heterocycles. The highest BCUT2D eigenvalue weighted by Crippen LogP contribution is 2.26. The lowest BCUT2D eigenvalue weighted by Crippen LogP contribution is -2.30. The first-order chi connectivity index (χ1) is 9.97. The number of benzene rings is 2. The Morgan fingerprint density at radius 3 is 2.43 bits per heavy atom. The Balaban J connectivity index is 2.20. The van der Waals surface area contributed by atoms with Crippen LogP contribution in [-0.2, 0) is 0 Å². The lowest BCUT2D eigenvalue weighted by atomic mass is 10.1. The molecule has 0 atom stereocenters. The molecule has 0 fully saturated rings. The third-order valence-corrected chi connectivity index (χ3v) is 3.15. The van der Waals surface area contributed by atoms with Crippen LogP contribution in [0.25, 0.3) is 0 Å². The summed E-state index contributed by atoms with van der Waals surface area (Å²) in [5.41, 5.74) is 10.1. The molecule has 2 aromatic carbocycles. The Morgan fingerprint density at radius 2 is 1.81 bits per heavy atom.